The molecule has 0 saturated carbocycles. The normalized spacial score (nSPS) is 15.1. The number of ketones is 1. The van der Waals surface area contributed by atoms with Crippen molar-refractivity contribution in [3.05, 3.63) is 23.4 Å². The van der Waals surface area contributed by atoms with Gasteiger partial charge in [0.1, 0.15) is 5.82 Å². The fourth-order valence-electron chi connectivity index (χ4n) is 1.34. The van der Waals surface area contributed by atoms with Crippen molar-refractivity contribution >= 4 is 11.6 Å². The van der Waals surface area contributed by atoms with Crippen molar-refractivity contribution in [3.8, 4) is 0 Å². The van der Waals surface area contributed by atoms with Gasteiger partial charge in [0.2, 0.25) is 0 Å². The molecule has 1 aromatic heterocycles. The molecule has 0 saturated heterocycles. The highest BCUT2D eigenvalue weighted by Crippen LogP contribution is 2.21. The number of nitrogen functional groups attached to an aromatic ring is 1. The van der Waals surface area contributed by atoms with Crippen LogP contribution in [0.15, 0.2) is 12.3 Å². The van der Waals surface area contributed by atoms with Gasteiger partial charge in [-0.15, -0.1) is 0 Å². The number of carbonyl (C=O) groups is 1. The second-order valence-electron chi connectivity index (χ2n) is 2.69. The summed E-state index contributed by atoms with van der Waals surface area (Å²) in [5.74, 6) is 0.619. The summed E-state index contributed by atoms with van der Waals surface area (Å²) < 4.78 is 0. The minimum atomic E-state index is 0.189. The van der Waals surface area contributed by atoms with E-state index in [1.165, 1.54) is 0 Å². The van der Waals surface area contributed by atoms with Gasteiger partial charge < -0.3 is 5.73 Å². The average molecular weight is 148 g/mol. The molecular weight excluding hydrogens is 140 g/mol. The van der Waals surface area contributed by atoms with E-state index in [1.807, 2.05) is 0 Å². The lowest BCUT2D eigenvalue weighted by Gasteiger charge is -1.96. The van der Waals surface area contributed by atoms with E-state index < -0.39 is 0 Å². The Morgan fingerprint density at radius 1 is 1.45 bits per heavy atom. The third-order valence-corrected chi connectivity index (χ3v) is 1.93. The highest BCUT2D eigenvalue weighted by Gasteiger charge is 2.19. The number of carbonyl (C=O) groups excluding carboxylic acids is 1. The number of hydrogen-bond acceptors (Lipinski definition) is 3. The van der Waals surface area contributed by atoms with Crippen molar-refractivity contribution in [2.24, 2.45) is 0 Å². The summed E-state index contributed by atoms with van der Waals surface area (Å²) in [6.07, 6.45) is 3.12. The molecule has 1 aliphatic rings. The van der Waals surface area contributed by atoms with E-state index in [4.69, 9.17) is 5.73 Å². The van der Waals surface area contributed by atoms with Crippen LogP contribution >= 0.6 is 0 Å². The smallest absolute Gasteiger partial charge is 0.163 e. The van der Waals surface area contributed by atoms with Crippen LogP contribution in [-0.2, 0) is 6.42 Å². The van der Waals surface area contributed by atoms with Gasteiger partial charge >= 0.3 is 0 Å². The second-order valence-corrected chi connectivity index (χ2v) is 2.69. The van der Waals surface area contributed by atoms with Gasteiger partial charge in [-0.2, -0.15) is 0 Å². The first kappa shape index (κ1) is 6.34. The predicted molar refractivity (Wildman–Crippen MR) is 41.3 cm³/mol. The van der Waals surface area contributed by atoms with Crippen LogP contribution in [0.3, 0.4) is 0 Å². The number of hydrogen-bond donors (Lipinski definition) is 1. The predicted octanol–water partition coefficient (Wildman–Crippen LogP) is 0.793. The Labute approximate surface area is 64.2 Å². The fourth-order valence-corrected chi connectivity index (χ4v) is 1.34. The molecule has 1 aromatic rings. The number of fused-ring (bicyclic) bond motifs is 1. The monoisotopic (exact) mass is 148 g/mol. The van der Waals surface area contributed by atoms with Crippen molar-refractivity contribution in [1.29, 1.82) is 0 Å². The molecule has 0 bridgehead atoms. The Balaban J connectivity index is 2.60. The number of nitrogens with zero attached hydrogens (tertiary/aromatic N) is 1. The maximum atomic E-state index is 11.1. The Kier molecular flexibility index (Phi) is 1.18. The third kappa shape index (κ3) is 0.888. The Morgan fingerprint density at radius 3 is 3.09 bits per heavy atom. The van der Waals surface area contributed by atoms with Crippen LogP contribution in [-0.4, -0.2) is 10.8 Å². The number of nitrogens with two attached hydrogens (primary N) is 1. The van der Waals surface area contributed by atoms with E-state index >= 15 is 0 Å². The molecule has 0 unspecified atom stereocenters. The van der Waals surface area contributed by atoms with Crippen LogP contribution in [0.4, 0.5) is 5.82 Å². The zero-order valence-electron chi connectivity index (χ0n) is 6.00. The molecule has 0 fully saturated rings. The van der Waals surface area contributed by atoms with Gasteiger partial charge in [-0.05, 0) is 18.1 Å². The largest absolute Gasteiger partial charge is 0.384 e. The van der Waals surface area contributed by atoms with Crippen LogP contribution < -0.4 is 5.73 Å². The van der Waals surface area contributed by atoms with Crippen molar-refractivity contribution in [2.75, 3.05) is 5.73 Å². The first-order valence-corrected chi connectivity index (χ1v) is 3.55. The summed E-state index contributed by atoms with van der Waals surface area (Å²) in [6.45, 7) is 0. The number of rotatable bonds is 0. The van der Waals surface area contributed by atoms with E-state index in [9.17, 15) is 4.79 Å². The van der Waals surface area contributed by atoms with E-state index in [1.54, 1.807) is 12.3 Å². The standard InChI is InChI=1S/C8H8N2O/c9-8-3-6-5(4-10-8)1-2-7(6)11/h3-4H,1-2H2,(H2,9,10). The molecule has 0 atom stereocenters. The zero-order valence-corrected chi connectivity index (χ0v) is 6.00. The lowest BCUT2D eigenvalue weighted by atomic mass is 10.2. The van der Waals surface area contributed by atoms with Crippen molar-refractivity contribution in [2.45, 2.75) is 12.8 Å². The van der Waals surface area contributed by atoms with Crippen molar-refractivity contribution < 1.29 is 4.79 Å². The number of aromatic nitrogens is 1. The first-order chi connectivity index (χ1) is 5.27. The molecule has 2 rings (SSSR count). The molecule has 11 heavy (non-hydrogen) atoms. The van der Waals surface area contributed by atoms with Crippen molar-refractivity contribution in [3.63, 3.8) is 0 Å². The average Bonchev–Trinajstić information content (AvgIpc) is 2.33. The molecule has 3 heteroatoms. The Morgan fingerprint density at radius 2 is 2.27 bits per heavy atom. The molecule has 3 nitrogen and oxygen atoms in total. The molecule has 0 aromatic carbocycles. The maximum absolute atomic E-state index is 11.1. The quantitative estimate of drug-likeness (QED) is 0.591. The van der Waals surface area contributed by atoms with Crippen LogP contribution in [0.25, 0.3) is 0 Å². The van der Waals surface area contributed by atoms with E-state index in [2.05, 4.69) is 4.98 Å². The van der Waals surface area contributed by atoms with Crippen LogP contribution in [0.1, 0.15) is 22.3 Å². The summed E-state index contributed by atoms with van der Waals surface area (Å²) in [5.41, 5.74) is 7.22. The van der Waals surface area contributed by atoms with Gasteiger partial charge in [-0.3, -0.25) is 4.79 Å². The second kappa shape index (κ2) is 2.05. The lowest BCUT2D eigenvalue weighted by Crippen LogP contribution is -1.96. The molecular formula is C8H8N2O. The molecule has 0 radical (unpaired) electrons. The molecule has 1 aliphatic carbocycles. The fraction of sp³-hybridized carbons (Fsp3) is 0.250. The molecule has 0 aliphatic heterocycles. The van der Waals surface area contributed by atoms with E-state index in [0.717, 1.165) is 17.5 Å². The van der Waals surface area contributed by atoms with E-state index in [0.29, 0.717) is 12.2 Å². The van der Waals surface area contributed by atoms with Gasteiger partial charge in [0.15, 0.2) is 5.78 Å². The molecule has 2 N–H and O–H groups in total. The minimum absolute atomic E-state index is 0.189. The minimum Gasteiger partial charge on any atom is -0.384 e. The van der Waals surface area contributed by atoms with Gasteiger partial charge in [-0.1, -0.05) is 0 Å². The highest BCUT2D eigenvalue weighted by molar-refractivity contribution is 6.00. The molecule has 1 heterocycles. The Hall–Kier alpha value is -1.38. The van der Waals surface area contributed by atoms with Crippen LogP contribution in [0, 0.1) is 0 Å². The summed E-state index contributed by atoms with van der Waals surface area (Å²) in [7, 11) is 0. The number of aryl methyl sites for hydroxylation is 1. The maximum Gasteiger partial charge on any atom is 0.163 e. The number of Topliss-reactive ketones (excluding diaryl/α,β-unsaturated/α-hetero) is 1. The molecule has 56 valence electrons. The molecule has 0 amide bonds. The number of pyridine rings is 1. The third-order valence-electron chi connectivity index (χ3n) is 1.93. The summed E-state index contributed by atoms with van der Waals surface area (Å²) in [4.78, 5) is 15.0. The molecule has 0 spiro atoms. The highest BCUT2D eigenvalue weighted by atomic mass is 16.1. The Bertz CT molecular complexity index is 320. The lowest BCUT2D eigenvalue weighted by molar-refractivity contribution is 0.0994. The van der Waals surface area contributed by atoms with Crippen molar-refractivity contribution in [1.82, 2.24) is 4.98 Å². The SMILES string of the molecule is Nc1cc2c(cn1)CCC2=O. The van der Waals surface area contributed by atoms with Gasteiger partial charge in [0.05, 0.1) is 0 Å². The summed E-state index contributed by atoms with van der Waals surface area (Å²) >= 11 is 0. The van der Waals surface area contributed by atoms with Gasteiger partial charge in [-0.25, -0.2) is 4.98 Å². The summed E-state index contributed by atoms with van der Waals surface area (Å²) in [6, 6.07) is 1.66. The van der Waals surface area contributed by atoms with Gasteiger partial charge in [0, 0.05) is 18.2 Å². The van der Waals surface area contributed by atoms with Gasteiger partial charge in [0.25, 0.3) is 0 Å². The van der Waals surface area contributed by atoms with Crippen LogP contribution in [0.5, 0.6) is 0 Å². The first-order valence-electron chi connectivity index (χ1n) is 3.55. The number of anilines is 1. The van der Waals surface area contributed by atoms with Crippen LogP contribution in [0.2, 0.25) is 0 Å². The van der Waals surface area contributed by atoms with E-state index in [-0.39, 0.29) is 5.78 Å². The zero-order chi connectivity index (χ0) is 7.84. The topological polar surface area (TPSA) is 56.0 Å². The summed E-state index contributed by atoms with van der Waals surface area (Å²) in [5, 5.41) is 0.